The largest absolute Gasteiger partial charge is 0.489 e. The Morgan fingerprint density at radius 3 is 2.80 bits per heavy atom. The predicted molar refractivity (Wildman–Crippen MR) is 117 cm³/mol. The minimum absolute atomic E-state index is 0.217. The highest BCUT2D eigenvalue weighted by molar-refractivity contribution is 6.32. The van der Waals surface area contributed by atoms with Gasteiger partial charge in [-0.15, -0.1) is 0 Å². The first-order valence-electron chi connectivity index (χ1n) is 11.0. The van der Waals surface area contributed by atoms with Crippen LogP contribution in [-0.4, -0.2) is 56.2 Å². The zero-order chi connectivity index (χ0) is 20.9. The van der Waals surface area contributed by atoms with Crippen LogP contribution in [0.3, 0.4) is 0 Å². The van der Waals surface area contributed by atoms with E-state index < -0.39 is 0 Å². The van der Waals surface area contributed by atoms with Crippen LogP contribution in [0.25, 0.3) is 0 Å². The summed E-state index contributed by atoms with van der Waals surface area (Å²) in [4.78, 5) is 19.0. The molecule has 0 bridgehead atoms. The van der Waals surface area contributed by atoms with E-state index in [0.29, 0.717) is 42.2 Å². The van der Waals surface area contributed by atoms with Gasteiger partial charge in [-0.2, -0.15) is 0 Å². The lowest BCUT2D eigenvalue weighted by atomic mass is 10.1. The van der Waals surface area contributed by atoms with Gasteiger partial charge in [0.2, 0.25) is 5.91 Å². The zero-order valence-corrected chi connectivity index (χ0v) is 18.3. The van der Waals surface area contributed by atoms with Gasteiger partial charge in [-0.25, -0.2) is 0 Å². The van der Waals surface area contributed by atoms with E-state index in [-0.39, 0.29) is 12.0 Å². The average Bonchev–Trinajstić information content (AvgIpc) is 3.39. The molecule has 4 rings (SSSR count). The fraction of sp³-hybridized carbons (Fsp3) is 0.636. The highest BCUT2D eigenvalue weighted by atomic mass is 35.5. The molecule has 2 N–H and O–H groups in total. The van der Waals surface area contributed by atoms with Crippen molar-refractivity contribution < 1.29 is 14.3 Å². The van der Waals surface area contributed by atoms with Crippen molar-refractivity contribution in [2.24, 2.45) is 10.9 Å². The van der Waals surface area contributed by atoms with Crippen molar-refractivity contribution in [2.45, 2.75) is 51.1 Å². The van der Waals surface area contributed by atoms with Crippen LogP contribution >= 0.6 is 11.6 Å². The molecule has 1 atom stereocenters. The number of fused-ring (bicyclic) bond motifs is 1. The van der Waals surface area contributed by atoms with E-state index in [0.717, 1.165) is 50.3 Å². The summed E-state index contributed by atoms with van der Waals surface area (Å²) in [6.45, 7) is 3.37. The fourth-order valence-corrected chi connectivity index (χ4v) is 4.76. The van der Waals surface area contributed by atoms with Gasteiger partial charge < -0.3 is 25.0 Å². The van der Waals surface area contributed by atoms with Gasteiger partial charge in [0.05, 0.1) is 18.2 Å². The molecule has 1 saturated heterocycles. The van der Waals surface area contributed by atoms with Crippen LogP contribution in [0, 0.1) is 5.92 Å². The molecule has 2 fully saturated rings. The Balaban J connectivity index is 1.30. The molecule has 164 valence electrons. The van der Waals surface area contributed by atoms with Crippen LogP contribution in [0.15, 0.2) is 17.1 Å². The van der Waals surface area contributed by atoms with Gasteiger partial charge in [0, 0.05) is 45.1 Å². The number of nitrogens with one attached hydrogen (secondary N) is 2. The van der Waals surface area contributed by atoms with Crippen molar-refractivity contribution in [3.8, 4) is 11.5 Å². The van der Waals surface area contributed by atoms with Crippen LogP contribution in [-0.2, 0) is 11.3 Å². The van der Waals surface area contributed by atoms with Crippen molar-refractivity contribution in [3.05, 3.63) is 22.7 Å². The van der Waals surface area contributed by atoms with Gasteiger partial charge in [-0.1, -0.05) is 24.4 Å². The summed E-state index contributed by atoms with van der Waals surface area (Å²) >= 11 is 6.39. The Hall–Kier alpha value is -2.15. The summed E-state index contributed by atoms with van der Waals surface area (Å²) in [6, 6.07) is 4.08. The van der Waals surface area contributed by atoms with Crippen LogP contribution in [0.4, 0.5) is 0 Å². The van der Waals surface area contributed by atoms with E-state index in [2.05, 4.69) is 15.6 Å². The van der Waals surface area contributed by atoms with Gasteiger partial charge >= 0.3 is 0 Å². The van der Waals surface area contributed by atoms with Gasteiger partial charge in [-0.05, 0) is 37.0 Å². The normalized spacial score (nSPS) is 22.1. The first-order chi connectivity index (χ1) is 14.6. The molecule has 1 unspecified atom stereocenters. The molecular weight excluding hydrogens is 404 g/mol. The molecular formula is C22H31ClN4O3. The Morgan fingerprint density at radius 1 is 1.20 bits per heavy atom. The minimum atomic E-state index is 0.217. The van der Waals surface area contributed by atoms with E-state index in [4.69, 9.17) is 21.1 Å². The van der Waals surface area contributed by atoms with E-state index in [9.17, 15) is 4.79 Å². The van der Waals surface area contributed by atoms with Crippen LogP contribution < -0.4 is 20.1 Å². The maximum absolute atomic E-state index is 12.7. The van der Waals surface area contributed by atoms with Gasteiger partial charge in [0.25, 0.3) is 0 Å². The van der Waals surface area contributed by atoms with E-state index in [1.807, 2.05) is 17.0 Å². The molecule has 1 saturated carbocycles. The number of ether oxygens (including phenoxy) is 2. The van der Waals surface area contributed by atoms with Gasteiger partial charge in [0.1, 0.15) is 0 Å². The number of hydrogen-bond acceptors (Lipinski definition) is 4. The molecule has 1 aromatic rings. The maximum atomic E-state index is 12.7. The molecule has 2 aliphatic heterocycles. The number of aliphatic imine (C=N–C) groups is 1. The minimum Gasteiger partial charge on any atom is -0.489 e. The topological polar surface area (TPSA) is 75.2 Å². The molecule has 3 aliphatic rings. The molecule has 2 heterocycles. The first kappa shape index (κ1) is 21.1. The molecule has 7 nitrogen and oxygen atoms in total. The predicted octanol–water partition coefficient (Wildman–Crippen LogP) is 2.96. The molecule has 1 aliphatic carbocycles. The molecule has 1 amide bonds. The van der Waals surface area contributed by atoms with Crippen LogP contribution in [0.2, 0.25) is 5.02 Å². The van der Waals surface area contributed by atoms with Crippen molar-refractivity contribution in [1.82, 2.24) is 15.5 Å². The summed E-state index contributed by atoms with van der Waals surface area (Å²) < 4.78 is 11.5. The third kappa shape index (κ3) is 4.94. The number of hydrogen-bond donors (Lipinski definition) is 2. The number of halogens is 1. The van der Waals surface area contributed by atoms with Crippen LogP contribution in [0.5, 0.6) is 11.5 Å². The molecule has 30 heavy (non-hydrogen) atoms. The molecule has 1 aromatic carbocycles. The summed E-state index contributed by atoms with van der Waals surface area (Å²) in [7, 11) is 1.76. The standard InChI is InChI=1S/C22H31ClN4O3/c1-24-22(26-17-7-8-27(14-17)21(28)16-5-2-3-6-16)25-13-15-11-18(23)20-19(12-15)29-9-4-10-30-20/h11-12,16-17H,2-10,13-14H2,1H3,(H2,24,25,26). The number of carbonyl (C=O) groups is 1. The average molecular weight is 435 g/mol. The number of guanidine groups is 1. The maximum Gasteiger partial charge on any atom is 0.225 e. The van der Waals surface area contributed by atoms with Crippen LogP contribution in [0.1, 0.15) is 44.1 Å². The van der Waals surface area contributed by atoms with Crippen molar-refractivity contribution in [3.63, 3.8) is 0 Å². The van der Waals surface area contributed by atoms with E-state index >= 15 is 0 Å². The quantitative estimate of drug-likeness (QED) is 0.563. The number of carbonyl (C=O) groups excluding carboxylic acids is 1. The monoisotopic (exact) mass is 434 g/mol. The highest BCUT2D eigenvalue weighted by Crippen LogP contribution is 2.38. The number of rotatable bonds is 4. The second-order valence-corrected chi connectivity index (χ2v) is 8.68. The smallest absolute Gasteiger partial charge is 0.225 e. The third-order valence-electron chi connectivity index (χ3n) is 6.09. The lowest BCUT2D eigenvalue weighted by Crippen LogP contribution is -2.45. The Kier molecular flexibility index (Phi) is 6.87. The molecule has 0 spiro atoms. The number of amides is 1. The van der Waals surface area contributed by atoms with E-state index in [1.165, 1.54) is 12.8 Å². The SMILES string of the molecule is CN=C(NCc1cc(Cl)c2c(c1)OCCCO2)NC1CCN(C(=O)C2CCCC2)C1. The van der Waals surface area contributed by atoms with E-state index in [1.54, 1.807) is 7.05 Å². The highest BCUT2D eigenvalue weighted by Gasteiger charge is 2.32. The lowest BCUT2D eigenvalue weighted by Gasteiger charge is -2.21. The Labute approximate surface area is 183 Å². The number of nitrogens with zero attached hydrogens (tertiary/aromatic N) is 2. The fourth-order valence-electron chi connectivity index (χ4n) is 4.47. The summed E-state index contributed by atoms with van der Waals surface area (Å²) in [5.41, 5.74) is 0.997. The summed E-state index contributed by atoms with van der Waals surface area (Å²) in [6.07, 6.45) is 6.26. The third-order valence-corrected chi connectivity index (χ3v) is 6.37. The van der Waals surface area contributed by atoms with Gasteiger partial charge in [-0.3, -0.25) is 9.79 Å². The summed E-state index contributed by atoms with van der Waals surface area (Å²) in [5, 5.41) is 7.36. The number of benzene rings is 1. The van der Waals surface area contributed by atoms with Crippen molar-refractivity contribution >= 4 is 23.5 Å². The van der Waals surface area contributed by atoms with Crippen molar-refractivity contribution in [2.75, 3.05) is 33.4 Å². The zero-order valence-electron chi connectivity index (χ0n) is 17.6. The molecule has 0 aromatic heterocycles. The Morgan fingerprint density at radius 2 is 2.00 bits per heavy atom. The van der Waals surface area contributed by atoms with Crippen molar-refractivity contribution in [1.29, 1.82) is 0 Å². The molecule has 8 heteroatoms. The first-order valence-corrected chi connectivity index (χ1v) is 11.4. The second kappa shape index (κ2) is 9.77. The molecule has 0 radical (unpaired) electrons. The second-order valence-electron chi connectivity index (χ2n) is 8.28. The Bertz CT molecular complexity index is 795. The van der Waals surface area contributed by atoms with Gasteiger partial charge in [0.15, 0.2) is 17.5 Å². The summed E-state index contributed by atoms with van der Waals surface area (Å²) in [5.74, 6) is 2.61. The number of likely N-dealkylation sites (tertiary alicyclic amines) is 1. The lowest BCUT2D eigenvalue weighted by molar-refractivity contribution is -0.134.